The number of H-pyrrole nitrogens is 1. The molecule has 4 nitrogen and oxygen atoms in total. The summed E-state index contributed by atoms with van der Waals surface area (Å²) in [6, 6.07) is 13.7. The Hall–Kier alpha value is -2.62. The Kier molecular flexibility index (Phi) is 2.99. The molecule has 1 amide bonds. The molecular weight excluding hydrogens is 250 g/mol. The lowest BCUT2D eigenvalue weighted by Crippen LogP contribution is -2.12. The molecule has 0 spiro atoms. The average Bonchev–Trinajstić information content (AvgIpc) is 2.78. The van der Waals surface area contributed by atoms with Gasteiger partial charge in [-0.2, -0.15) is 5.10 Å². The van der Waals surface area contributed by atoms with Crippen molar-refractivity contribution in [1.29, 1.82) is 0 Å². The molecule has 0 aliphatic heterocycles. The summed E-state index contributed by atoms with van der Waals surface area (Å²) in [6.07, 6.45) is 0. The lowest BCUT2D eigenvalue weighted by molar-refractivity contribution is 0.102. The molecule has 20 heavy (non-hydrogen) atoms. The van der Waals surface area contributed by atoms with Crippen molar-refractivity contribution < 1.29 is 4.79 Å². The van der Waals surface area contributed by atoms with Crippen molar-refractivity contribution in [2.75, 3.05) is 5.32 Å². The molecule has 0 saturated carbocycles. The van der Waals surface area contributed by atoms with E-state index in [1.165, 1.54) is 0 Å². The van der Waals surface area contributed by atoms with Gasteiger partial charge in [-0.1, -0.05) is 30.3 Å². The van der Waals surface area contributed by atoms with Gasteiger partial charge in [-0.3, -0.25) is 9.89 Å². The zero-order valence-corrected chi connectivity index (χ0v) is 11.4. The van der Waals surface area contributed by atoms with Crippen LogP contribution in [0.3, 0.4) is 0 Å². The van der Waals surface area contributed by atoms with Crippen LogP contribution in [0.1, 0.15) is 21.7 Å². The fraction of sp³-hybridized carbons (Fsp3) is 0.125. The van der Waals surface area contributed by atoms with Gasteiger partial charge in [-0.25, -0.2) is 0 Å². The molecule has 1 aromatic heterocycles. The summed E-state index contributed by atoms with van der Waals surface area (Å²) >= 11 is 0. The Balaban J connectivity index is 1.93. The van der Waals surface area contributed by atoms with Crippen molar-refractivity contribution in [2.45, 2.75) is 13.8 Å². The molecule has 0 aliphatic rings. The molecular formula is C16H15N3O. The minimum absolute atomic E-state index is 0.122. The minimum atomic E-state index is -0.122. The van der Waals surface area contributed by atoms with Crippen molar-refractivity contribution in [1.82, 2.24) is 10.2 Å². The van der Waals surface area contributed by atoms with E-state index in [1.54, 1.807) is 0 Å². The van der Waals surface area contributed by atoms with E-state index in [-0.39, 0.29) is 5.91 Å². The zero-order valence-electron chi connectivity index (χ0n) is 11.4. The Morgan fingerprint density at radius 3 is 2.55 bits per heavy atom. The molecule has 0 aliphatic carbocycles. The largest absolute Gasteiger partial charge is 0.319 e. The fourth-order valence-corrected chi connectivity index (χ4v) is 2.25. The molecule has 3 aromatic rings. The van der Waals surface area contributed by atoms with Gasteiger partial charge in [0, 0.05) is 5.56 Å². The number of aryl methyl sites for hydroxylation is 2. The minimum Gasteiger partial charge on any atom is -0.319 e. The molecule has 4 heteroatoms. The molecule has 1 heterocycles. The van der Waals surface area contributed by atoms with Crippen LogP contribution in [-0.4, -0.2) is 16.1 Å². The number of aromatic amines is 1. The first kappa shape index (κ1) is 12.4. The van der Waals surface area contributed by atoms with Gasteiger partial charge in [0.2, 0.25) is 0 Å². The summed E-state index contributed by atoms with van der Waals surface area (Å²) < 4.78 is 0. The van der Waals surface area contributed by atoms with E-state index in [4.69, 9.17) is 0 Å². The maximum Gasteiger partial charge on any atom is 0.255 e. The van der Waals surface area contributed by atoms with Crippen LogP contribution in [0, 0.1) is 13.8 Å². The molecule has 0 saturated heterocycles. The van der Waals surface area contributed by atoms with Crippen molar-refractivity contribution in [2.24, 2.45) is 0 Å². The molecule has 100 valence electrons. The van der Waals surface area contributed by atoms with E-state index in [2.05, 4.69) is 15.5 Å². The molecule has 2 N–H and O–H groups in total. The Morgan fingerprint density at radius 2 is 1.85 bits per heavy atom. The second-order valence-corrected chi connectivity index (χ2v) is 4.83. The van der Waals surface area contributed by atoms with E-state index in [9.17, 15) is 4.79 Å². The Labute approximate surface area is 116 Å². The second kappa shape index (κ2) is 4.81. The SMILES string of the molecule is Cc1n[nH]c(C)c1NC(=O)c1ccc2ccccc2c1. The normalized spacial score (nSPS) is 10.7. The van der Waals surface area contributed by atoms with Gasteiger partial charge in [0.05, 0.1) is 17.1 Å². The highest BCUT2D eigenvalue weighted by Crippen LogP contribution is 2.19. The molecule has 0 radical (unpaired) electrons. The predicted octanol–water partition coefficient (Wildman–Crippen LogP) is 3.43. The smallest absolute Gasteiger partial charge is 0.255 e. The number of benzene rings is 2. The topological polar surface area (TPSA) is 57.8 Å². The average molecular weight is 265 g/mol. The number of carbonyl (C=O) groups is 1. The van der Waals surface area contributed by atoms with Gasteiger partial charge in [0.15, 0.2) is 0 Å². The van der Waals surface area contributed by atoms with Crippen LogP contribution < -0.4 is 5.32 Å². The zero-order chi connectivity index (χ0) is 14.1. The van der Waals surface area contributed by atoms with Crippen molar-refractivity contribution in [3.05, 3.63) is 59.4 Å². The van der Waals surface area contributed by atoms with E-state index in [0.29, 0.717) is 5.56 Å². The number of amides is 1. The maximum absolute atomic E-state index is 12.3. The first-order chi connectivity index (χ1) is 9.65. The molecule has 0 bridgehead atoms. The number of hydrogen-bond acceptors (Lipinski definition) is 2. The lowest BCUT2D eigenvalue weighted by atomic mass is 10.1. The standard InChI is InChI=1S/C16H15N3O/c1-10-15(11(2)19-18-10)17-16(20)14-8-7-12-5-3-4-6-13(12)9-14/h3-9H,1-2H3,(H,17,20)(H,18,19). The molecule has 2 aromatic carbocycles. The summed E-state index contributed by atoms with van der Waals surface area (Å²) in [5.41, 5.74) is 3.04. The third-order valence-electron chi connectivity index (χ3n) is 3.38. The van der Waals surface area contributed by atoms with Crippen LogP contribution in [0.25, 0.3) is 10.8 Å². The van der Waals surface area contributed by atoms with Crippen molar-refractivity contribution >= 4 is 22.4 Å². The van der Waals surface area contributed by atoms with Crippen LogP contribution in [0.2, 0.25) is 0 Å². The molecule has 0 atom stereocenters. The third kappa shape index (κ3) is 2.16. The van der Waals surface area contributed by atoms with Crippen molar-refractivity contribution in [3.63, 3.8) is 0 Å². The molecule has 0 unspecified atom stereocenters. The quantitative estimate of drug-likeness (QED) is 0.745. The second-order valence-electron chi connectivity index (χ2n) is 4.83. The summed E-state index contributed by atoms with van der Waals surface area (Å²) in [4.78, 5) is 12.3. The number of carbonyl (C=O) groups excluding carboxylic acids is 1. The summed E-state index contributed by atoms with van der Waals surface area (Å²) in [7, 11) is 0. The van der Waals surface area contributed by atoms with Gasteiger partial charge in [0.1, 0.15) is 0 Å². The monoisotopic (exact) mass is 265 g/mol. The lowest BCUT2D eigenvalue weighted by Gasteiger charge is -2.06. The van der Waals surface area contributed by atoms with Gasteiger partial charge >= 0.3 is 0 Å². The first-order valence-electron chi connectivity index (χ1n) is 6.47. The highest BCUT2D eigenvalue weighted by atomic mass is 16.1. The van der Waals surface area contributed by atoms with Crippen LogP contribution in [-0.2, 0) is 0 Å². The van der Waals surface area contributed by atoms with Gasteiger partial charge in [-0.15, -0.1) is 0 Å². The van der Waals surface area contributed by atoms with Gasteiger partial charge in [0.25, 0.3) is 5.91 Å². The van der Waals surface area contributed by atoms with Crippen LogP contribution >= 0.6 is 0 Å². The summed E-state index contributed by atoms with van der Waals surface area (Å²) in [6.45, 7) is 3.75. The maximum atomic E-state index is 12.3. The Bertz CT molecular complexity index is 770. The number of hydrogen-bond donors (Lipinski definition) is 2. The summed E-state index contributed by atoms with van der Waals surface area (Å²) in [5.74, 6) is -0.122. The molecule has 3 rings (SSSR count). The van der Waals surface area contributed by atoms with Crippen molar-refractivity contribution in [3.8, 4) is 0 Å². The number of aromatic nitrogens is 2. The van der Waals surface area contributed by atoms with E-state index in [0.717, 1.165) is 27.8 Å². The highest BCUT2D eigenvalue weighted by molar-refractivity contribution is 6.06. The number of rotatable bonds is 2. The summed E-state index contributed by atoms with van der Waals surface area (Å²) in [5, 5.41) is 12.0. The fourth-order valence-electron chi connectivity index (χ4n) is 2.25. The number of nitrogens with zero attached hydrogens (tertiary/aromatic N) is 1. The third-order valence-corrected chi connectivity index (χ3v) is 3.38. The van der Waals surface area contributed by atoms with E-state index >= 15 is 0 Å². The number of fused-ring (bicyclic) bond motifs is 1. The van der Waals surface area contributed by atoms with E-state index in [1.807, 2.05) is 56.3 Å². The first-order valence-corrected chi connectivity index (χ1v) is 6.47. The number of anilines is 1. The van der Waals surface area contributed by atoms with Gasteiger partial charge < -0.3 is 5.32 Å². The predicted molar refractivity (Wildman–Crippen MR) is 80.0 cm³/mol. The van der Waals surface area contributed by atoms with Crippen LogP contribution in [0.15, 0.2) is 42.5 Å². The number of nitrogens with one attached hydrogen (secondary N) is 2. The Morgan fingerprint density at radius 1 is 1.10 bits per heavy atom. The van der Waals surface area contributed by atoms with Crippen LogP contribution in [0.4, 0.5) is 5.69 Å². The molecule has 0 fully saturated rings. The van der Waals surface area contributed by atoms with Gasteiger partial charge in [-0.05, 0) is 36.8 Å². The highest BCUT2D eigenvalue weighted by Gasteiger charge is 2.12. The van der Waals surface area contributed by atoms with E-state index < -0.39 is 0 Å². The van der Waals surface area contributed by atoms with Crippen LogP contribution in [0.5, 0.6) is 0 Å².